The average Bonchev–Trinajstić information content (AvgIpc) is 2.47. The van der Waals surface area contributed by atoms with Crippen molar-refractivity contribution in [3.8, 4) is 0 Å². The van der Waals surface area contributed by atoms with E-state index in [1.165, 1.54) is 0 Å². The van der Waals surface area contributed by atoms with E-state index in [0.717, 1.165) is 0 Å². The molecule has 0 atom stereocenters. The van der Waals surface area contributed by atoms with Gasteiger partial charge in [0.25, 0.3) is 11.5 Å². The molecule has 0 spiro atoms. The lowest BCUT2D eigenvalue weighted by Crippen LogP contribution is -2.10. The Morgan fingerprint density at radius 2 is 2.07 bits per heavy atom. The first-order chi connectivity index (χ1) is 6.70. The summed E-state index contributed by atoms with van der Waals surface area (Å²) >= 11 is 0. The van der Waals surface area contributed by atoms with Crippen molar-refractivity contribution in [2.75, 3.05) is 5.43 Å². The third-order valence-corrected chi connectivity index (χ3v) is 1.55. The second kappa shape index (κ2) is 2.74. The molecule has 0 saturated carbocycles. The number of aromatic amines is 3. The number of rotatable bonds is 1. The summed E-state index contributed by atoms with van der Waals surface area (Å²) in [7, 11) is 0. The molecule has 8 heteroatoms. The van der Waals surface area contributed by atoms with E-state index in [-0.39, 0.29) is 17.1 Å². The summed E-state index contributed by atoms with van der Waals surface area (Å²) in [6.07, 6.45) is 0. The maximum absolute atomic E-state index is 11.3. The van der Waals surface area contributed by atoms with E-state index in [4.69, 9.17) is 6.57 Å². The molecule has 0 aliphatic carbocycles. The lowest BCUT2D eigenvalue weighted by molar-refractivity contribution is 1.15. The fraction of sp³-hybridized carbons (Fsp3) is 0. The molecule has 0 aromatic carbocycles. The smallest absolute Gasteiger partial charge is 0.300 e. The van der Waals surface area contributed by atoms with Crippen LogP contribution in [-0.4, -0.2) is 19.9 Å². The summed E-state index contributed by atoms with van der Waals surface area (Å²) in [5, 5.41) is 0. The van der Waals surface area contributed by atoms with E-state index in [9.17, 15) is 9.59 Å². The van der Waals surface area contributed by atoms with Crippen molar-refractivity contribution in [1.29, 1.82) is 0 Å². The van der Waals surface area contributed by atoms with Crippen LogP contribution in [0.1, 0.15) is 0 Å². The molecule has 4 N–H and O–H groups in total. The first kappa shape index (κ1) is 8.06. The minimum atomic E-state index is -0.516. The van der Waals surface area contributed by atoms with Crippen molar-refractivity contribution in [2.45, 2.75) is 0 Å². The second-order valence-electron chi connectivity index (χ2n) is 2.44. The highest BCUT2D eigenvalue weighted by molar-refractivity contribution is 5.69. The number of hydrogen-bond donors (Lipinski definition) is 4. The van der Waals surface area contributed by atoms with Crippen LogP contribution in [-0.2, 0) is 0 Å². The average molecular weight is 192 g/mol. The van der Waals surface area contributed by atoms with Crippen LogP contribution in [0.3, 0.4) is 0 Å². The molecule has 2 rings (SSSR count). The number of aromatic nitrogens is 4. The van der Waals surface area contributed by atoms with Crippen LogP contribution in [0.5, 0.6) is 0 Å². The molecule has 0 aliphatic heterocycles. The Labute approximate surface area is 75.8 Å². The number of H-pyrrole nitrogens is 3. The van der Waals surface area contributed by atoms with Crippen molar-refractivity contribution in [3.05, 3.63) is 32.4 Å². The maximum Gasteiger partial charge on any atom is 0.325 e. The van der Waals surface area contributed by atoms with Gasteiger partial charge in [-0.25, -0.2) is 4.79 Å². The molecular weight excluding hydrogens is 188 g/mol. The van der Waals surface area contributed by atoms with Crippen molar-refractivity contribution in [1.82, 2.24) is 19.9 Å². The molecule has 70 valence electrons. The van der Waals surface area contributed by atoms with Crippen molar-refractivity contribution in [3.63, 3.8) is 0 Å². The Bertz CT molecular complexity index is 626. The van der Waals surface area contributed by atoms with Crippen molar-refractivity contribution < 1.29 is 0 Å². The Balaban J connectivity index is 2.79. The van der Waals surface area contributed by atoms with Crippen LogP contribution >= 0.6 is 0 Å². The lowest BCUT2D eigenvalue weighted by atomic mass is 10.5. The molecule has 0 saturated heterocycles. The highest BCUT2D eigenvalue weighted by atomic mass is 16.1. The van der Waals surface area contributed by atoms with E-state index < -0.39 is 11.2 Å². The SMILES string of the molecule is [C-]#[N+]Nc1nc2[nH]c(=O)[nH]c2c(=O)[nH]1. The predicted molar refractivity (Wildman–Crippen MR) is 47.6 cm³/mol. The normalized spacial score (nSPS) is 9.93. The quantitative estimate of drug-likeness (QED) is 0.349. The molecule has 0 unspecified atom stereocenters. The Kier molecular flexibility index (Phi) is 1.57. The summed E-state index contributed by atoms with van der Waals surface area (Å²) in [4.78, 5) is 35.6. The number of nitrogens with one attached hydrogen (secondary N) is 4. The topological polar surface area (TPSA) is 111 Å². The minimum absolute atomic E-state index is 0.00671. The molecule has 0 amide bonds. The molecule has 2 aromatic rings. The first-order valence-electron chi connectivity index (χ1n) is 3.55. The zero-order chi connectivity index (χ0) is 10.1. The summed E-state index contributed by atoms with van der Waals surface area (Å²) in [5.41, 5.74) is 1.29. The summed E-state index contributed by atoms with van der Waals surface area (Å²) in [5.74, 6) is -0.00671. The van der Waals surface area contributed by atoms with Crippen LogP contribution < -0.4 is 16.7 Å². The number of hydrogen-bond acceptors (Lipinski definition) is 4. The molecule has 0 fully saturated rings. The summed E-state index contributed by atoms with van der Waals surface area (Å²) < 4.78 is 0. The lowest BCUT2D eigenvalue weighted by Gasteiger charge is -1.91. The molecular formula is C6H4N6O2. The fourth-order valence-corrected chi connectivity index (χ4v) is 1.04. The van der Waals surface area contributed by atoms with E-state index in [1.807, 2.05) is 0 Å². The largest absolute Gasteiger partial charge is 0.325 e. The molecule has 0 bridgehead atoms. The number of imidazole rings is 1. The Hall–Kier alpha value is -2.56. The zero-order valence-electron chi connectivity index (χ0n) is 6.71. The van der Waals surface area contributed by atoms with Crippen molar-refractivity contribution in [2.24, 2.45) is 0 Å². The van der Waals surface area contributed by atoms with E-state index in [0.29, 0.717) is 0 Å². The van der Waals surface area contributed by atoms with Gasteiger partial charge in [0.1, 0.15) is 0 Å². The van der Waals surface area contributed by atoms with Gasteiger partial charge in [0.15, 0.2) is 11.2 Å². The number of anilines is 1. The van der Waals surface area contributed by atoms with Gasteiger partial charge in [-0.3, -0.25) is 19.7 Å². The Morgan fingerprint density at radius 3 is 2.79 bits per heavy atom. The fourth-order valence-electron chi connectivity index (χ4n) is 1.04. The standard InChI is InChI=1S/C6H4N6O2/c1-7-12-5-9-3-2(4(13)11-5)8-6(14)10-3/h(H4,8,9,10,11,12,13,14). The zero-order valence-corrected chi connectivity index (χ0v) is 6.71. The molecule has 2 heterocycles. The van der Waals surface area contributed by atoms with Gasteiger partial charge in [-0.2, -0.15) is 16.5 Å². The summed E-state index contributed by atoms with van der Waals surface area (Å²) in [6, 6.07) is 0. The van der Waals surface area contributed by atoms with Gasteiger partial charge in [-0.15, -0.1) is 0 Å². The van der Waals surface area contributed by atoms with Gasteiger partial charge in [-0.05, 0) is 0 Å². The van der Waals surface area contributed by atoms with Gasteiger partial charge >= 0.3 is 5.69 Å². The highest BCUT2D eigenvalue weighted by Gasteiger charge is 2.07. The van der Waals surface area contributed by atoms with Gasteiger partial charge < -0.3 is 0 Å². The summed E-state index contributed by atoms with van der Waals surface area (Å²) in [6.45, 7) is 6.50. The monoisotopic (exact) mass is 192 g/mol. The first-order valence-corrected chi connectivity index (χ1v) is 3.55. The van der Waals surface area contributed by atoms with Crippen LogP contribution in [0.25, 0.3) is 16.1 Å². The number of fused-ring (bicyclic) bond motifs is 1. The van der Waals surface area contributed by atoms with E-state index in [2.05, 4.69) is 30.3 Å². The van der Waals surface area contributed by atoms with Gasteiger partial charge in [0, 0.05) is 0 Å². The molecule has 0 radical (unpaired) electrons. The van der Waals surface area contributed by atoms with E-state index in [1.54, 1.807) is 0 Å². The highest BCUT2D eigenvalue weighted by Crippen LogP contribution is 2.00. The minimum Gasteiger partial charge on any atom is -0.300 e. The Morgan fingerprint density at radius 1 is 1.29 bits per heavy atom. The van der Waals surface area contributed by atoms with E-state index >= 15 is 0 Å². The van der Waals surface area contributed by atoms with Crippen LogP contribution in [0.4, 0.5) is 5.95 Å². The van der Waals surface area contributed by atoms with Crippen LogP contribution in [0, 0.1) is 6.57 Å². The van der Waals surface area contributed by atoms with Gasteiger partial charge in [-0.1, -0.05) is 5.43 Å². The third-order valence-electron chi connectivity index (χ3n) is 1.55. The third kappa shape index (κ3) is 1.13. The van der Waals surface area contributed by atoms with Crippen molar-refractivity contribution >= 4 is 17.1 Å². The predicted octanol–water partition coefficient (Wildman–Crippen LogP) is -0.814. The molecule has 2 aromatic heterocycles. The van der Waals surface area contributed by atoms with Crippen LogP contribution in [0.15, 0.2) is 9.59 Å². The maximum atomic E-state index is 11.3. The molecule has 14 heavy (non-hydrogen) atoms. The number of nitrogens with zero attached hydrogens (tertiary/aromatic N) is 2. The second-order valence-corrected chi connectivity index (χ2v) is 2.44. The molecule has 0 aliphatic rings. The molecule has 8 nitrogen and oxygen atoms in total. The van der Waals surface area contributed by atoms with Gasteiger partial charge in [0.05, 0.1) is 0 Å². The van der Waals surface area contributed by atoms with Crippen LogP contribution in [0.2, 0.25) is 0 Å². The van der Waals surface area contributed by atoms with Gasteiger partial charge in [0.2, 0.25) is 0 Å².